The summed E-state index contributed by atoms with van der Waals surface area (Å²) in [6.07, 6.45) is 11.3. The molecule has 3 unspecified atom stereocenters. The summed E-state index contributed by atoms with van der Waals surface area (Å²) in [6, 6.07) is 5.18. The zero-order chi connectivity index (χ0) is 21.3. The van der Waals surface area contributed by atoms with Crippen LogP contribution in [-0.2, 0) is 4.79 Å². The Morgan fingerprint density at radius 2 is 2.20 bits per heavy atom. The summed E-state index contributed by atoms with van der Waals surface area (Å²) in [7, 11) is 0. The van der Waals surface area contributed by atoms with Crippen LogP contribution in [0.5, 0.6) is 5.75 Å². The van der Waals surface area contributed by atoms with Crippen LogP contribution in [0.4, 0.5) is 0 Å². The average Bonchev–Trinajstić information content (AvgIpc) is 3.25. The van der Waals surface area contributed by atoms with Gasteiger partial charge >= 0.3 is 5.97 Å². The van der Waals surface area contributed by atoms with E-state index in [2.05, 4.69) is 30.5 Å². The molecule has 4 rings (SSSR count). The van der Waals surface area contributed by atoms with Crippen LogP contribution in [0, 0.1) is 11.8 Å². The molecule has 4 nitrogen and oxygen atoms in total. The van der Waals surface area contributed by atoms with E-state index in [1.54, 1.807) is 23.9 Å². The molecule has 30 heavy (non-hydrogen) atoms. The van der Waals surface area contributed by atoms with E-state index < -0.39 is 5.97 Å². The minimum absolute atomic E-state index is 0.0517. The molecule has 0 radical (unpaired) electrons. The molecule has 2 aliphatic carbocycles. The van der Waals surface area contributed by atoms with Crippen molar-refractivity contribution in [3.05, 3.63) is 69.1 Å². The van der Waals surface area contributed by atoms with Crippen molar-refractivity contribution in [2.45, 2.75) is 44.4 Å². The van der Waals surface area contributed by atoms with E-state index >= 15 is 0 Å². The molecule has 3 atom stereocenters. The first kappa shape index (κ1) is 21.1. The lowest BCUT2D eigenvalue weighted by Crippen LogP contribution is -2.31. The fraction of sp³-hybridized carbons (Fsp3) is 0.375. The lowest BCUT2D eigenvalue weighted by atomic mass is 9.75. The number of aromatic hydroxyl groups is 1. The average molecular weight is 444 g/mol. The predicted octanol–water partition coefficient (Wildman–Crippen LogP) is 6.10. The van der Waals surface area contributed by atoms with Crippen LogP contribution in [0.3, 0.4) is 0 Å². The number of nitrogens with one attached hydrogen (secondary N) is 1. The molecule has 0 fully saturated rings. The number of thioether (sulfide) groups is 1. The molecule has 1 aromatic carbocycles. The Kier molecular flexibility index (Phi) is 6.30. The number of hydrogen-bond acceptors (Lipinski definition) is 4. The molecule has 0 saturated carbocycles. The quantitative estimate of drug-likeness (QED) is 0.479. The highest BCUT2D eigenvalue weighted by molar-refractivity contribution is 8.03. The van der Waals surface area contributed by atoms with Crippen molar-refractivity contribution in [3.8, 4) is 5.75 Å². The molecular weight excluding hydrogens is 418 g/mol. The van der Waals surface area contributed by atoms with E-state index in [-0.39, 0.29) is 23.0 Å². The van der Waals surface area contributed by atoms with Gasteiger partial charge in [0.05, 0.1) is 10.4 Å². The summed E-state index contributed by atoms with van der Waals surface area (Å²) in [5, 5.41) is 25.7. The lowest BCUT2D eigenvalue weighted by Gasteiger charge is -2.31. The smallest absolute Gasteiger partial charge is 0.331 e. The number of halogens is 1. The van der Waals surface area contributed by atoms with Gasteiger partial charge in [0.2, 0.25) is 0 Å². The first-order valence-corrected chi connectivity index (χ1v) is 11.7. The number of allylic oxidation sites excluding steroid dienone is 4. The maximum atomic E-state index is 12.1. The second-order valence-corrected chi connectivity index (χ2v) is 9.40. The summed E-state index contributed by atoms with van der Waals surface area (Å²) < 4.78 is 0. The number of carbonyl (C=O) groups is 1. The van der Waals surface area contributed by atoms with Crippen molar-refractivity contribution in [1.82, 2.24) is 5.32 Å². The normalized spacial score (nSPS) is 26.3. The van der Waals surface area contributed by atoms with Gasteiger partial charge in [0.15, 0.2) is 0 Å². The maximum absolute atomic E-state index is 12.1. The van der Waals surface area contributed by atoms with Crippen LogP contribution in [0.1, 0.15) is 44.6 Å². The summed E-state index contributed by atoms with van der Waals surface area (Å²) in [5.74, 6) is -0.436. The summed E-state index contributed by atoms with van der Waals surface area (Å²) >= 11 is 7.56. The Hall–Kier alpha value is -2.11. The van der Waals surface area contributed by atoms with E-state index in [0.29, 0.717) is 17.0 Å². The molecule has 1 aliphatic heterocycles. The minimum Gasteiger partial charge on any atom is -0.506 e. The van der Waals surface area contributed by atoms with E-state index in [0.717, 1.165) is 42.5 Å². The number of benzene rings is 1. The molecule has 158 valence electrons. The topological polar surface area (TPSA) is 69.6 Å². The predicted molar refractivity (Wildman–Crippen MR) is 123 cm³/mol. The Morgan fingerprint density at radius 1 is 1.37 bits per heavy atom. The number of rotatable bonds is 5. The monoisotopic (exact) mass is 443 g/mol. The van der Waals surface area contributed by atoms with Crippen molar-refractivity contribution >= 4 is 35.0 Å². The van der Waals surface area contributed by atoms with E-state index in [4.69, 9.17) is 11.6 Å². The second kappa shape index (κ2) is 8.94. The number of hydrogen-bond donors (Lipinski definition) is 3. The van der Waals surface area contributed by atoms with Gasteiger partial charge in [0.1, 0.15) is 5.75 Å². The van der Waals surface area contributed by atoms with Gasteiger partial charge in [0, 0.05) is 28.7 Å². The van der Waals surface area contributed by atoms with Gasteiger partial charge < -0.3 is 15.5 Å². The molecule has 0 bridgehead atoms. The second-order valence-electron chi connectivity index (χ2n) is 7.98. The van der Waals surface area contributed by atoms with Gasteiger partial charge in [-0.15, -0.1) is 11.8 Å². The maximum Gasteiger partial charge on any atom is 0.331 e. The van der Waals surface area contributed by atoms with Crippen molar-refractivity contribution in [2.24, 2.45) is 11.8 Å². The van der Waals surface area contributed by atoms with Gasteiger partial charge in [-0.2, -0.15) is 0 Å². The molecule has 3 N–H and O–H groups in total. The van der Waals surface area contributed by atoms with E-state index in [1.807, 2.05) is 11.5 Å². The molecule has 0 spiro atoms. The number of phenolic OH excluding ortho intramolecular Hbond substituents is 1. The third-order valence-corrected chi connectivity index (χ3v) is 7.63. The molecular formula is C24H26ClNO3S. The summed E-state index contributed by atoms with van der Waals surface area (Å²) in [6.45, 7) is 2.15. The summed E-state index contributed by atoms with van der Waals surface area (Å²) in [4.78, 5) is 12.1. The zero-order valence-corrected chi connectivity index (χ0v) is 18.5. The largest absolute Gasteiger partial charge is 0.506 e. The lowest BCUT2D eigenvalue weighted by molar-refractivity contribution is -0.133. The van der Waals surface area contributed by atoms with Crippen molar-refractivity contribution < 1.29 is 15.0 Å². The minimum atomic E-state index is -0.806. The third-order valence-electron chi connectivity index (χ3n) is 6.18. The number of carboxylic acids is 1. The summed E-state index contributed by atoms with van der Waals surface area (Å²) in [5.41, 5.74) is 4.69. The number of carboxylic acid groups (broad SMARTS) is 1. The fourth-order valence-electron chi connectivity index (χ4n) is 4.58. The van der Waals surface area contributed by atoms with Gasteiger partial charge in [-0.1, -0.05) is 48.4 Å². The third kappa shape index (κ3) is 4.19. The number of phenols is 1. The Morgan fingerprint density at radius 3 is 2.93 bits per heavy atom. The number of aliphatic carboxylic acids is 1. The molecule has 0 amide bonds. The Bertz CT molecular complexity index is 979. The van der Waals surface area contributed by atoms with Gasteiger partial charge in [0.25, 0.3) is 0 Å². The van der Waals surface area contributed by atoms with Crippen LogP contribution in [0.2, 0.25) is 5.02 Å². The van der Waals surface area contributed by atoms with Gasteiger partial charge in [-0.3, -0.25) is 0 Å². The highest BCUT2D eigenvalue weighted by atomic mass is 35.5. The fourth-order valence-corrected chi connectivity index (χ4v) is 5.77. The highest BCUT2D eigenvalue weighted by Gasteiger charge is 2.33. The Balaban J connectivity index is 1.51. The van der Waals surface area contributed by atoms with E-state index in [1.165, 1.54) is 5.57 Å². The van der Waals surface area contributed by atoms with Crippen LogP contribution >= 0.6 is 23.4 Å². The van der Waals surface area contributed by atoms with Gasteiger partial charge in [-0.25, -0.2) is 4.79 Å². The van der Waals surface area contributed by atoms with Crippen LogP contribution in [0.25, 0.3) is 5.70 Å². The molecule has 0 saturated heterocycles. The molecule has 0 aromatic heterocycles. The SMILES string of the molecule is CCC1=CCCCC1C1=C(C(=O)O)CC(C2NC(c3ccc(Cl)c(O)c3)=CS2)C=C1. The van der Waals surface area contributed by atoms with Crippen LogP contribution in [0.15, 0.2) is 58.6 Å². The Labute approximate surface area is 186 Å². The molecule has 1 heterocycles. The first-order valence-electron chi connectivity index (χ1n) is 10.4. The van der Waals surface area contributed by atoms with Crippen LogP contribution < -0.4 is 5.32 Å². The van der Waals surface area contributed by atoms with Crippen molar-refractivity contribution in [1.29, 1.82) is 0 Å². The van der Waals surface area contributed by atoms with Crippen molar-refractivity contribution in [2.75, 3.05) is 0 Å². The first-order chi connectivity index (χ1) is 14.5. The highest BCUT2D eigenvalue weighted by Crippen LogP contribution is 2.42. The van der Waals surface area contributed by atoms with E-state index in [9.17, 15) is 15.0 Å². The molecule has 1 aromatic rings. The van der Waals surface area contributed by atoms with Crippen molar-refractivity contribution in [3.63, 3.8) is 0 Å². The molecule has 6 heteroatoms. The standard InChI is InChI=1S/C24H26ClNO3S/c1-2-14-5-3-4-6-17(14)18-9-7-16(11-19(18)24(28)29)23-26-21(13-30-23)15-8-10-20(25)22(27)12-15/h5,7-10,12-13,16-17,23,26-27H,2-4,6,11H2,1H3,(H,28,29). The zero-order valence-electron chi connectivity index (χ0n) is 16.9. The molecule has 3 aliphatic rings. The van der Waals surface area contributed by atoms with Crippen LogP contribution in [-0.4, -0.2) is 21.6 Å². The van der Waals surface area contributed by atoms with Gasteiger partial charge in [-0.05, 0) is 55.2 Å².